The zero-order chi connectivity index (χ0) is 12.1. The first-order valence-corrected chi connectivity index (χ1v) is 5.73. The fraction of sp³-hybridized carbons (Fsp3) is 0.0909. The molecule has 0 spiro atoms. The minimum Gasteiger partial charge on any atom is -0.487 e. The molecule has 1 aromatic heterocycles. The van der Waals surface area contributed by atoms with Crippen LogP contribution in [-0.2, 0) is 6.61 Å². The Bertz CT molecular complexity index is 489. The molecule has 0 saturated heterocycles. The lowest BCUT2D eigenvalue weighted by Crippen LogP contribution is -2.09. The molecule has 0 aliphatic carbocycles. The first-order chi connectivity index (χ1) is 8.28. The summed E-state index contributed by atoms with van der Waals surface area (Å²) in [4.78, 5) is 8.18. The van der Waals surface area contributed by atoms with Gasteiger partial charge in [-0.25, -0.2) is 10.8 Å². The Morgan fingerprint density at radius 3 is 2.82 bits per heavy atom. The van der Waals surface area contributed by atoms with Crippen LogP contribution in [0.3, 0.4) is 0 Å². The van der Waals surface area contributed by atoms with Gasteiger partial charge in [-0.2, -0.15) is 0 Å². The van der Waals surface area contributed by atoms with Gasteiger partial charge < -0.3 is 10.2 Å². The van der Waals surface area contributed by atoms with Crippen LogP contribution < -0.4 is 16.0 Å². The second-order valence-electron chi connectivity index (χ2n) is 3.28. The summed E-state index contributed by atoms with van der Waals surface area (Å²) < 4.78 is 6.54. The summed E-state index contributed by atoms with van der Waals surface area (Å²) in [6, 6.07) is 7.62. The molecule has 0 fully saturated rings. The molecule has 6 heteroatoms. The highest BCUT2D eigenvalue weighted by Crippen LogP contribution is 2.18. The summed E-state index contributed by atoms with van der Waals surface area (Å²) in [6.45, 7) is 0.369. The molecule has 0 atom stereocenters. The topological polar surface area (TPSA) is 73.1 Å². The van der Waals surface area contributed by atoms with E-state index in [1.807, 2.05) is 24.3 Å². The summed E-state index contributed by atoms with van der Waals surface area (Å²) >= 11 is 3.38. The van der Waals surface area contributed by atoms with Gasteiger partial charge in [-0.1, -0.05) is 22.0 Å². The van der Waals surface area contributed by atoms with E-state index >= 15 is 0 Å². The Balaban J connectivity index is 1.97. The number of hydrazine groups is 1. The van der Waals surface area contributed by atoms with E-state index in [9.17, 15) is 0 Å². The van der Waals surface area contributed by atoms with E-state index in [1.165, 1.54) is 0 Å². The average molecular weight is 295 g/mol. The van der Waals surface area contributed by atoms with Crippen molar-refractivity contribution in [3.05, 3.63) is 46.8 Å². The number of aromatic nitrogens is 2. The van der Waals surface area contributed by atoms with Gasteiger partial charge in [-0.05, 0) is 18.2 Å². The molecule has 17 heavy (non-hydrogen) atoms. The Morgan fingerprint density at radius 1 is 1.29 bits per heavy atom. The van der Waals surface area contributed by atoms with Gasteiger partial charge in [0.25, 0.3) is 0 Å². The zero-order valence-corrected chi connectivity index (χ0v) is 10.5. The molecule has 0 aliphatic rings. The molecule has 0 saturated carbocycles. The van der Waals surface area contributed by atoms with Crippen molar-refractivity contribution in [3.63, 3.8) is 0 Å². The molecule has 5 nitrogen and oxygen atoms in total. The fourth-order valence-corrected chi connectivity index (χ4v) is 1.60. The van der Waals surface area contributed by atoms with E-state index < -0.39 is 0 Å². The van der Waals surface area contributed by atoms with Crippen molar-refractivity contribution < 1.29 is 4.74 Å². The SMILES string of the molecule is NNc1cnc(COc2cccc(Br)c2)cn1. The minimum atomic E-state index is 0.369. The van der Waals surface area contributed by atoms with Crippen LogP contribution in [-0.4, -0.2) is 9.97 Å². The molecule has 0 unspecified atom stereocenters. The zero-order valence-electron chi connectivity index (χ0n) is 8.93. The lowest BCUT2D eigenvalue weighted by molar-refractivity contribution is 0.300. The number of hydrogen-bond acceptors (Lipinski definition) is 5. The van der Waals surface area contributed by atoms with E-state index in [-0.39, 0.29) is 0 Å². The van der Waals surface area contributed by atoms with Crippen LogP contribution in [0.4, 0.5) is 5.82 Å². The summed E-state index contributed by atoms with van der Waals surface area (Å²) in [6.07, 6.45) is 3.17. The van der Waals surface area contributed by atoms with Crippen molar-refractivity contribution in [3.8, 4) is 5.75 Å². The van der Waals surface area contributed by atoms with Crippen LogP contribution in [0.25, 0.3) is 0 Å². The van der Waals surface area contributed by atoms with Gasteiger partial charge in [0, 0.05) is 4.47 Å². The highest BCUT2D eigenvalue weighted by Gasteiger charge is 1.99. The van der Waals surface area contributed by atoms with Crippen LogP contribution >= 0.6 is 15.9 Å². The molecule has 3 N–H and O–H groups in total. The third-order valence-electron chi connectivity index (χ3n) is 2.04. The molecule has 1 heterocycles. The molecular weight excluding hydrogens is 284 g/mol. The summed E-state index contributed by atoms with van der Waals surface area (Å²) in [5.74, 6) is 6.50. The quantitative estimate of drug-likeness (QED) is 0.667. The first-order valence-electron chi connectivity index (χ1n) is 4.94. The summed E-state index contributed by atoms with van der Waals surface area (Å²) in [7, 11) is 0. The maximum atomic E-state index is 5.56. The number of nitrogens with zero attached hydrogens (tertiary/aromatic N) is 2. The molecule has 88 valence electrons. The molecule has 0 bridgehead atoms. The van der Waals surface area contributed by atoms with Gasteiger partial charge in [0.15, 0.2) is 5.82 Å². The van der Waals surface area contributed by atoms with Crippen LogP contribution in [0.15, 0.2) is 41.1 Å². The summed E-state index contributed by atoms with van der Waals surface area (Å²) in [5, 5.41) is 0. The number of nitrogen functional groups attached to an aromatic ring is 1. The van der Waals surface area contributed by atoms with Gasteiger partial charge in [-0.3, -0.25) is 4.98 Å². The van der Waals surface area contributed by atoms with Crippen molar-refractivity contribution >= 4 is 21.7 Å². The number of anilines is 1. The van der Waals surface area contributed by atoms with E-state index in [0.717, 1.165) is 15.9 Å². The van der Waals surface area contributed by atoms with Crippen molar-refractivity contribution in [2.24, 2.45) is 5.84 Å². The minimum absolute atomic E-state index is 0.369. The number of hydrogen-bond donors (Lipinski definition) is 2. The monoisotopic (exact) mass is 294 g/mol. The highest BCUT2D eigenvalue weighted by atomic mass is 79.9. The molecule has 0 radical (unpaired) electrons. The Morgan fingerprint density at radius 2 is 2.18 bits per heavy atom. The number of rotatable bonds is 4. The van der Waals surface area contributed by atoms with Crippen molar-refractivity contribution in [1.82, 2.24) is 9.97 Å². The van der Waals surface area contributed by atoms with Crippen molar-refractivity contribution in [2.75, 3.05) is 5.43 Å². The molecule has 0 aliphatic heterocycles. The number of nitrogens with two attached hydrogens (primary N) is 1. The average Bonchev–Trinajstić information content (AvgIpc) is 2.37. The second-order valence-corrected chi connectivity index (χ2v) is 4.20. The third kappa shape index (κ3) is 3.40. The number of ether oxygens (including phenoxy) is 1. The second kappa shape index (κ2) is 5.60. The third-order valence-corrected chi connectivity index (χ3v) is 2.53. The molecule has 2 rings (SSSR count). The van der Waals surface area contributed by atoms with Crippen LogP contribution in [0.1, 0.15) is 5.69 Å². The number of benzene rings is 1. The predicted octanol–water partition coefficient (Wildman–Crippen LogP) is 2.10. The van der Waals surface area contributed by atoms with Gasteiger partial charge >= 0.3 is 0 Å². The van der Waals surface area contributed by atoms with Gasteiger partial charge in [0.05, 0.1) is 18.1 Å². The van der Waals surface area contributed by atoms with Crippen LogP contribution in [0.5, 0.6) is 5.75 Å². The largest absolute Gasteiger partial charge is 0.487 e. The van der Waals surface area contributed by atoms with Crippen LogP contribution in [0.2, 0.25) is 0 Å². The molecule has 2 aromatic rings. The molecule has 0 amide bonds. The maximum Gasteiger partial charge on any atom is 0.158 e. The first kappa shape index (κ1) is 11.8. The Labute approximate surface area is 107 Å². The smallest absolute Gasteiger partial charge is 0.158 e. The van der Waals surface area contributed by atoms with E-state index in [2.05, 4.69) is 31.3 Å². The summed E-state index contributed by atoms with van der Waals surface area (Å²) in [5.41, 5.74) is 3.15. The van der Waals surface area contributed by atoms with E-state index in [4.69, 9.17) is 10.6 Å². The maximum absolute atomic E-state index is 5.56. The molecule has 1 aromatic carbocycles. The van der Waals surface area contributed by atoms with Gasteiger partial charge in [0.2, 0.25) is 0 Å². The van der Waals surface area contributed by atoms with Crippen LogP contribution in [0, 0.1) is 0 Å². The fourth-order valence-electron chi connectivity index (χ4n) is 1.22. The molecular formula is C11H11BrN4O. The van der Waals surface area contributed by atoms with Crippen molar-refractivity contribution in [1.29, 1.82) is 0 Å². The normalized spacial score (nSPS) is 10.0. The Kier molecular flexibility index (Phi) is 3.89. The van der Waals surface area contributed by atoms with E-state index in [1.54, 1.807) is 12.4 Å². The standard InChI is InChI=1S/C11H11BrN4O/c12-8-2-1-3-10(4-8)17-7-9-5-15-11(16-13)6-14-9/h1-6H,7,13H2,(H,15,16). The van der Waals surface area contributed by atoms with E-state index in [0.29, 0.717) is 12.4 Å². The number of halogens is 1. The van der Waals surface area contributed by atoms with Gasteiger partial charge in [0.1, 0.15) is 12.4 Å². The number of nitrogens with one attached hydrogen (secondary N) is 1. The highest BCUT2D eigenvalue weighted by molar-refractivity contribution is 9.10. The van der Waals surface area contributed by atoms with Gasteiger partial charge in [-0.15, -0.1) is 0 Å². The predicted molar refractivity (Wildman–Crippen MR) is 68.3 cm³/mol. The van der Waals surface area contributed by atoms with Crippen molar-refractivity contribution in [2.45, 2.75) is 6.61 Å². The Hall–Kier alpha value is -1.66. The lowest BCUT2D eigenvalue weighted by Gasteiger charge is -2.06. The lowest BCUT2D eigenvalue weighted by atomic mass is 10.3.